The minimum Gasteiger partial charge on any atom is -0.492 e. The second kappa shape index (κ2) is 5.53. The first-order valence-electron chi connectivity index (χ1n) is 6.14. The van der Waals surface area contributed by atoms with Crippen LogP contribution >= 0.6 is 11.3 Å². The normalized spacial score (nSPS) is 10.6. The average Bonchev–Trinajstić information content (AvgIpc) is 3.08. The molecule has 0 amide bonds. The Morgan fingerprint density at radius 1 is 1.38 bits per heavy atom. The molecule has 7 heteroatoms. The number of oxazole rings is 1. The first-order valence-corrected chi connectivity index (χ1v) is 7.02. The molecule has 2 aromatic heterocycles. The van der Waals surface area contributed by atoms with Crippen LogP contribution in [0.2, 0.25) is 0 Å². The lowest BCUT2D eigenvalue weighted by atomic mass is 10.3. The van der Waals surface area contributed by atoms with Crippen LogP contribution in [0.3, 0.4) is 0 Å². The molecule has 1 N–H and O–H groups in total. The third-order valence-electron chi connectivity index (χ3n) is 2.90. The summed E-state index contributed by atoms with van der Waals surface area (Å²) in [5.41, 5.74) is 1.98. The van der Waals surface area contributed by atoms with Crippen molar-refractivity contribution in [3.8, 4) is 17.2 Å². The molecule has 0 radical (unpaired) electrons. The standard InChI is InChI=1S/C14H12FN3O2S/c1-8-12(20-7-16-8)11-6-21-14(18-11)17-10-5-3-4-9(15)13(10)19-2/h3-7H,1-2H3,(H,17,18). The van der Waals surface area contributed by atoms with Crippen molar-refractivity contribution < 1.29 is 13.5 Å². The number of nitrogens with zero attached hydrogens (tertiary/aromatic N) is 2. The number of aryl methyl sites for hydroxylation is 1. The van der Waals surface area contributed by atoms with Crippen LogP contribution in [0.5, 0.6) is 5.75 Å². The number of ether oxygens (including phenoxy) is 1. The van der Waals surface area contributed by atoms with E-state index in [4.69, 9.17) is 9.15 Å². The van der Waals surface area contributed by atoms with Crippen LogP contribution < -0.4 is 10.1 Å². The fourth-order valence-electron chi connectivity index (χ4n) is 1.91. The molecule has 0 spiro atoms. The van der Waals surface area contributed by atoms with Gasteiger partial charge >= 0.3 is 0 Å². The average molecular weight is 305 g/mol. The number of anilines is 2. The molecular formula is C14H12FN3O2S. The molecule has 0 atom stereocenters. The van der Waals surface area contributed by atoms with E-state index in [2.05, 4.69) is 15.3 Å². The summed E-state index contributed by atoms with van der Waals surface area (Å²) in [4.78, 5) is 8.44. The van der Waals surface area contributed by atoms with Gasteiger partial charge in [-0.2, -0.15) is 0 Å². The molecule has 0 aliphatic rings. The fraction of sp³-hybridized carbons (Fsp3) is 0.143. The molecule has 1 aromatic carbocycles. The van der Waals surface area contributed by atoms with Gasteiger partial charge in [-0.3, -0.25) is 0 Å². The Balaban J connectivity index is 1.89. The van der Waals surface area contributed by atoms with E-state index >= 15 is 0 Å². The van der Waals surface area contributed by atoms with Gasteiger partial charge in [-0.15, -0.1) is 11.3 Å². The summed E-state index contributed by atoms with van der Waals surface area (Å²) in [5, 5.41) is 5.51. The Morgan fingerprint density at radius 2 is 2.24 bits per heavy atom. The molecule has 0 bridgehead atoms. The van der Waals surface area contributed by atoms with Crippen LogP contribution in [0.1, 0.15) is 5.69 Å². The lowest BCUT2D eigenvalue weighted by molar-refractivity contribution is 0.388. The Bertz CT molecular complexity index is 769. The van der Waals surface area contributed by atoms with E-state index in [1.54, 1.807) is 12.1 Å². The highest BCUT2D eigenvalue weighted by molar-refractivity contribution is 7.14. The fourth-order valence-corrected chi connectivity index (χ4v) is 2.62. The lowest BCUT2D eigenvalue weighted by Gasteiger charge is -2.09. The molecule has 0 aliphatic carbocycles. The van der Waals surface area contributed by atoms with E-state index in [1.165, 1.54) is 30.9 Å². The predicted molar refractivity (Wildman–Crippen MR) is 78.6 cm³/mol. The SMILES string of the molecule is COc1c(F)cccc1Nc1nc(-c2ocnc2C)cs1. The number of rotatable bonds is 4. The maximum Gasteiger partial charge on any atom is 0.187 e. The number of methoxy groups -OCH3 is 1. The number of nitrogens with one attached hydrogen (secondary N) is 1. The van der Waals surface area contributed by atoms with Gasteiger partial charge in [0.1, 0.15) is 5.69 Å². The van der Waals surface area contributed by atoms with Crippen molar-refractivity contribution in [2.45, 2.75) is 6.92 Å². The molecule has 2 heterocycles. The Kier molecular flexibility index (Phi) is 3.57. The zero-order valence-electron chi connectivity index (χ0n) is 11.4. The first-order chi connectivity index (χ1) is 10.2. The summed E-state index contributed by atoms with van der Waals surface area (Å²) in [6.07, 6.45) is 1.38. The van der Waals surface area contributed by atoms with E-state index in [1.807, 2.05) is 12.3 Å². The van der Waals surface area contributed by atoms with Gasteiger partial charge in [-0.05, 0) is 19.1 Å². The molecule has 0 unspecified atom stereocenters. The molecule has 0 aliphatic heterocycles. The van der Waals surface area contributed by atoms with Crippen molar-refractivity contribution in [2.24, 2.45) is 0 Å². The molecule has 3 aromatic rings. The third-order valence-corrected chi connectivity index (χ3v) is 3.65. The number of hydrogen-bond acceptors (Lipinski definition) is 6. The van der Waals surface area contributed by atoms with Gasteiger partial charge in [0.2, 0.25) is 0 Å². The molecule has 21 heavy (non-hydrogen) atoms. The van der Waals surface area contributed by atoms with Crippen LogP contribution in [0.4, 0.5) is 15.2 Å². The van der Waals surface area contributed by atoms with Crippen molar-refractivity contribution in [1.29, 1.82) is 0 Å². The van der Waals surface area contributed by atoms with Crippen molar-refractivity contribution in [1.82, 2.24) is 9.97 Å². The quantitative estimate of drug-likeness (QED) is 0.789. The van der Waals surface area contributed by atoms with Crippen LogP contribution in [0.25, 0.3) is 11.5 Å². The highest BCUT2D eigenvalue weighted by atomic mass is 32.1. The van der Waals surface area contributed by atoms with Crippen LogP contribution in [-0.2, 0) is 0 Å². The minimum atomic E-state index is -0.426. The Hall–Kier alpha value is -2.41. The second-order valence-corrected chi connectivity index (χ2v) is 5.11. The molecule has 3 rings (SSSR count). The number of benzene rings is 1. The zero-order chi connectivity index (χ0) is 14.8. The van der Waals surface area contributed by atoms with E-state index in [9.17, 15) is 4.39 Å². The van der Waals surface area contributed by atoms with Gasteiger partial charge in [-0.1, -0.05) is 6.07 Å². The van der Waals surface area contributed by atoms with E-state index in [0.29, 0.717) is 22.3 Å². The maximum absolute atomic E-state index is 13.6. The van der Waals surface area contributed by atoms with Gasteiger partial charge in [0.25, 0.3) is 0 Å². The van der Waals surface area contributed by atoms with Crippen LogP contribution in [-0.4, -0.2) is 17.1 Å². The van der Waals surface area contributed by atoms with E-state index in [-0.39, 0.29) is 5.75 Å². The third kappa shape index (κ3) is 2.59. The second-order valence-electron chi connectivity index (χ2n) is 4.25. The lowest BCUT2D eigenvalue weighted by Crippen LogP contribution is -1.96. The van der Waals surface area contributed by atoms with Crippen LogP contribution in [0, 0.1) is 12.7 Å². The monoisotopic (exact) mass is 305 g/mol. The van der Waals surface area contributed by atoms with Crippen molar-refractivity contribution in [3.63, 3.8) is 0 Å². The number of aromatic nitrogens is 2. The highest BCUT2D eigenvalue weighted by Crippen LogP contribution is 2.33. The molecule has 0 saturated carbocycles. The molecule has 0 fully saturated rings. The van der Waals surface area contributed by atoms with Gasteiger partial charge in [-0.25, -0.2) is 14.4 Å². The number of hydrogen-bond donors (Lipinski definition) is 1. The summed E-state index contributed by atoms with van der Waals surface area (Å²) in [6, 6.07) is 4.67. The van der Waals surface area contributed by atoms with Crippen LogP contribution in [0.15, 0.2) is 34.4 Å². The molecular weight excluding hydrogens is 293 g/mol. The van der Waals surface area contributed by atoms with Gasteiger partial charge in [0, 0.05) is 5.38 Å². The Labute approximate surface area is 124 Å². The van der Waals surface area contributed by atoms with Crippen molar-refractivity contribution in [3.05, 3.63) is 41.5 Å². The topological polar surface area (TPSA) is 60.2 Å². The largest absolute Gasteiger partial charge is 0.492 e. The number of halogens is 1. The predicted octanol–water partition coefficient (Wildman–Crippen LogP) is 4.00. The zero-order valence-corrected chi connectivity index (χ0v) is 12.2. The summed E-state index contributed by atoms with van der Waals surface area (Å²) in [6.45, 7) is 1.85. The van der Waals surface area contributed by atoms with Crippen molar-refractivity contribution >= 4 is 22.2 Å². The van der Waals surface area contributed by atoms with Crippen molar-refractivity contribution in [2.75, 3.05) is 12.4 Å². The number of thiazole rings is 1. The first kappa shape index (κ1) is 13.6. The molecule has 5 nitrogen and oxygen atoms in total. The summed E-state index contributed by atoms with van der Waals surface area (Å²) in [5.74, 6) is 0.362. The highest BCUT2D eigenvalue weighted by Gasteiger charge is 2.13. The maximum atomic E-state index is 13.6. The Morgan fingerprint density at radius 3 is 2.95 bits per heavy atom. The van der Waals surface area contributed by atoms with Gasteiger partial charge in [0.15, 0.2) is 28.9 Å². The summed E-state index contributed by atoms with van der Waals surface area (Å²) in [7, 11) is 1.43. The van der Waals surface area contributed by atoms with Gasteiger partial charge in [0.05, 0.1) is 18.5 Å². The summed E-state index contributed by atoms with van der Waals surface area (Å²) < 4.78 is 24.0. The number of para-hydroxylation sites is 1. The smallest absolute Gasteiger partial charge is 0.187 e. The minimum absolute atomic E-state index is 0.157. The van der Waals surface area contributed by atoms with Gasteiger partial charge < -0.3 is 14.5 Å². The van der Waals surface area contributed by atoms with E-state index in [0.717, 1.165) is 5.69 Å². The molecule has 0 saturated heterocycles. The van der Waals surface area contributed by atoms with E-state index < -0.39 is 5.82 Å². The molecule has 108 valence electrons. The summed E-state index contributed by atoms with van der Waals surface area (Å²) >= 11 is 1.39.